The molecular weight excluding hydrogens is 433 g/mol. The van der Waals surface area contributed by atoms with Crippen LogP contribution in [0.25, 0.3) is 11.1 Å². The maximum absolute atomic E-state index is 14.9. The van der Waals surface area contributed by atoms with Crippen molar-refractivity contribution < 1.29 is 18.7 Å². The lowest BCUT2D eigenvalue weighted by Crippen LogP contribution is -2.40. The second-order valence-electron chi connectivity index (χ2n) is 8.94. The Morgan fingerprint density at radius 1 is 1.15 bits per heavy atom. The van der Waals surface area contributed by atoms with Crippen LogP contribution < -0.4 is 10.1 Å². The van der Waals surface area contributed by atoms with Gasteiger partial charge in [0.2, 0.25) is 5.91 Å². The number of amides is 2. The molecule has 0 fully saturated rings. The van der Waals surface area contributed by atoms with Crippen LogP contribution in [0.2, 0.25) is 0 Å². The summed E-state index contributed by atoms with van der Waals surface area (Å²) in [6, 6.07) is 15.6. The van der Waals surface area contributed by atoms with E-state index in [0.29, 0.717) is 23.8 Å². The first-order valence-corrected chi connectivity index (χ1v) is 11.4. The predicted molar refractivity (Wildman–Crippen MR) is 129 cm³/mol. The molecule has 4 rings (SSSR count). The molecule has 2 amide bonds. The van der Waals surface area contributed by atoms with Gasteiger partial charge in [0.1, 0.15) is 12.4 Å². The SMILES string of the molecule is CC(=O)Nc1cc(-c2ccc(OC[C@H](CC(C)C)N3Cc4ccccc4C3=O)c(F)c2)ccn1. The fourth-order valence-electron chi connectivity index (χ4n) is 4.24. The first-order valence-electron chi connectivity index (χ1n) is 11.4. The van der Waals surface area contributed by atoms with Gasteiger partial charge in [0, 0.05) is 25.2 Å². The fourth-order valence-corrected chi connectivity index (χ4v) is 4.24. The minimum absolute atomic E-state index is 0.00617. The maximum atomic E-state index is 14.9. The average molecular weight is 462 g/mol. The third kappa shape index (κ3) is 5.25. The summed E-state index contributed by atoms with van der Waals surface area (Å²) in [4.78, 5) is 30.2. The van der Waals surface area contributed by atoms with Crippen LogP contribution in [0.1, 0.15) is 43.1 Å². The highest BCUT2D eigenvalue weighted by molar-refractivity contribution is 5.98. The Labute approximate surface area is 198 Å². The Bertz CT molecular complexity index is 1210. The molecule has 1 aromatic heterocycles. The molecule has 1 aliphatic rings. The number of hydrogen-bond acceptors (Lipinski definition) is 4. The zero-order chi connectivity index (χ0) is 24.2. The van der Waals surface area contributed by atoms with Crippen LogP contribution in [0.5, 0.6) is 5.75 Å². The summed E-state index contributed by atoms with van der Waals surface area (Å²) in [5.41, 5.74) is 3.10. The molecule has 1 N–H and O–H groups in total. The molecule has 1 aliphatic heterocycles. The summed E-state index contributed by atoms with van der Waals surface area (Å²) in [5, 5.41) is 2.63. The van der Waals surface area contributed by atoms with E-state index in [4.69, 9.17) is 4.74 Å². The average Bonchev–Trinajstić information content (AvgIpc) is 3.13. The maximum Gasteiger partial charge on any atom is 0.254 e. The molecule has 0 unspecified atom stereocenters. The first kappa shape index (κ1) is 23.4. The number of nitrogens with one attached hydrogen (secondary N) is 1. The van der Waals surface area contributed by atoms with Gasteiger partial charge in [-0.25, -0.2) is 9.37 Å². The molecule has 0 saturated carbocycles. The van der Waals surface area contributed by atoms with Gasteiger partial charge in [-0.15, -0.1) is 0 Å². The standard InChI is InChI=1S/C27H28FN3O3/c1-17(2)12-22(31-15-21-6-4-5-7-23(21)27(31)33)16-34-25-9-8-19(13-24(25)28)20-10-11-29-26(14-20)30-18(3)32/h4-11,13-14,17,22H,12,15-16H2,1-3H3,(H,29,30,32)/t22-/m0/s1. The van der Waals surface area contributed by atoms with Gasteiger partial charge in [-0.2, -0.15) is 0 Å². The molecular formula is C27H28FN3O3. The molecule has 2 aromatic carbocycles. The minimum Gasteiger partial charge on any atom is -0.488 e. The number of ether oxygens (including phenoxy) is 1. The summed E-state index contributed by atoms with van der Waals surface area (Å²) >= 11 is 0. The van der Waals surface area contributed by atoms with Crippen LogP contribution in [0.3, 0.4) is 0 Å². The largest absolute Gasteiger partial charge is 0.488 e. The van der Waals surface area contributed by atoms with E-state index < -0.39 is 5.82 Å². The lowest BCUT2D eigenvalue weighted by molar-refractivity contribution is -0.114. The second-order valence-corrected chi connectivity index (χ2v) is 8.94. The number of aromatic nitrogens is 1. The van der Waals surface area contributed by atoms with E-state index in [2.05, 4.69) is 24.1 Å². The van der Waals surface area contributed by atoms with Gasteiger partial charge in [-0.1, -0.05) is 38.1 Å². The number of fused-ring (bicyclic) bond motifs is 1. The zero-order valence-electron chi connectivity index (χ0n) is 19.5. The van der Waals surface area contributed by atoms with Gasteiger partial charge in [-0.3, -0.25) is 9.59 Å². The number of anilines is 1. The Morgan fingerprint density at radius 2 is 1.91 bits per heavy atom. The quantitative estimate of drug-likeness (QED) is 0.494. The number of rotatable bonds is 8. The van der Waals surface area contributed by atoms with Crippen molar-refractivity contribution in [3.63, 3.8) is 0 Å². The summed E-state index contributed by atoms with van der Waals surface area (Å²) in [6.07, 6.45) is 2.31. The van der Waals surface area contributed by atoms with E-state index >= 15 is 0 Å². The van der Waals surface area contributed by atoms with Crippen LogP contribution in [-0.4, -0.2) is 34.3 Å². The molecule has 0 aliphatic carbocycles. The Morgan fingerprint density at radius 3 is 2.62 bits per heavy atom. The van der Waals surface area contributed by atoms with Crippen molar-refractivity contribution in [3.8, 4) is 16.9 Å². The van der Waals surface area contributed by atoms with Crippen LogP contribution >= 0.6 is 0 Å². The van der Waals surface area contributed by atoms with Crippen molar-refractivity contribution in [1.82, 2.24) is 9.88 Å². The van der Waals surface area contributed by atoms with Crippen molar-refractivity contribution in [2.24, 2.45) is 5.92 Å². The molecule has 2 heterocycles. The smallest absolute Gasteiger partial charge is 0.254 e. The van der Waals surface area contributed by atoms with E-state index in [1.807, 2.05) is 29.2 Å². The number of pyridine rings is 1. The van der Waals surface area contributed by atoms with E-state index in [9.17, 15) is 14.0 Å². The van der Waals surface area contributed by atoms with Gasteiger partial charge >= 0.3 is 0 Å². The molecule has 7 heteroatoms. The van der Waals surface area contributed by atoms with E-state index in [1.54, 1.807) is 30.5 Å². The number of hydrogen-bond donors (Lipinski definition) is 1. The number of carbonyl (C=O) groups is 2. The zero-order valence-corrected chi connectivity index (χ0v) is 19.5. The monoisotopic (exact) mass is 461 g/mol. The van der Waals surface area contributed by atoms with E-state index in [-0.39, 0.29) is 30.2 Å². The molecule has 0 saturated heterocycles. The molecule has 6 nitrogen and oxygen atoms in total. The molecule has 0 radical (unpaired) electrons. The molecule has 0 bridgehead atoms. The third-order valence-electron chi connectivity index (χ3n) is 5.79. The van der Waals surface area contributed by atoms with Crippen molar-refractivity contribution in [2.45, 2.75) is 39.8 Å². The van der Waals surface area contributed by atoms with Crippen molar-refractivity contribution in [1.29, 1.82) is 0 Å². The highest BCUT2D eigenvalue weighted by Crippen LogP contribution is 2.29. The van der Waals surface area contributed by atoms with Gasteiger partial charge in [0.05, 0.1) is 6.04 Å². The Balaban J connectivity index is 1.48. The van der Waals surface area contributed by atoms with Gasteiger partial charge in [-0.05, 0) is 59.4 Å². The highest BCUT2D eigenvalue weighted by atomic mass is 19.1. The highest BCUT2D eigenvalue weighted by Gasteiger charge is 2.33. The Kier molecular flexibility index (Phi) is 6.91. The fraction of sp³-hybridized carbons (Fsp3) is 0.296. The molecule has 0 spiro atoms. The molecule has 3 aromatic rings. The second kappa shape index (κ2) is 10.0. The molecule has 176 valence electrons. The van der Waals surface area contributed by atoms with E-state index in [0.717, 1.165) is 23.1 Å². The number of halogens is 1. The van der Waals surface area contributed by atoms with Crippen molar-refractivity contribution >= 4 is 17.6 Å². The number of benzene rings is 2. The lowest BCUT2D eigenvalue weighted by Gasteiger charge is -2.29. The van der Waals surface area contributed by atoms with Crippen molar-refractivity contribution in [2.75, 3.05) is 11.9 Å². The van der Waals surface area contributed by atoms with Crippen molar-refractivity contribution in [3.05, 3.63) is 77.7 Å². The minimum atomic E-state index is -0.491. The predicted octanol–water partition coefficient (Wildman–Crippen LogP) is 5.30. The topological polar surface area (TPSA) is 71.5 Å². The summed E-state index contributed by atoms with van der Waals surface area (Å²) < 4.78 is 20.8. The summed E-state index contributed by atoms with van der Waals surface area (Å²) in [7, 11) is 0. The number of nitrogens with zero attached hydrogens (tertiary/aromatic N) is 2. The van der Waals surface area contributed by atoms with Crippen LogP contribution in [0.15, 0.2) is 60.8 Å². The van der Waals surface area contributed by atoms with Gasteiger partial charge < -0.3 is 15.0 Å². The Hall–Kier alpha value is -3.74. The summed E-state index contributed by atoms with van der Waals surface area (Å²) in [5.74, 6) is 0.163. The third-order valence-corrected chi connectivity index (χ3v) is 5.79. The molecule has 34 heavy (non-hydrogen) atoms. The van der Waals surface area contributed by atoms with E-state index in [1.165, 1.54) is 13.0 Å². The van der Waals surface area contributed by atoms with Gasteiger partial charge in [0.25, 0.3) is 5.91 Å². The normalized spacial score (nSPS) is 13.7. The van der Waals surface area contributed by atoms with Crippen LogP contribution in [-0.2, 0) is 11.3 Å². The number of carbonyl (C=O) groups excluding carboxylic acids is 2. The molecule has 1 atom stereocenters. The van der Waals surface area contributed by atoms with Crippen LogP contribution in [0, 0.1) is 11.7 Å². The van der Waals surface area contributed by atoms with Gasteiger partial charge in [0.15, 0.2) is 11.6 Å². The van der Waals surface area contributed by atoms with Crippen LogP contribution in [0.4, 0.5) is 10.2 Å². The first-order chi connectivity index (χ1) is 16.3. The summed E-state index contributed by atoms with van der Waals surface area (Å²) in [6.45, 7) is 6.34. The lowest BCUT2D eigenvalue weighted by atomic mass is 10.0.